The normalized spacial score (nSPS) is 10.6. The van der Waals surface area contributed by atoms with Gasteiger partial charge in [-0.3, -0.25) is 9.59 Å². The van der Waals surface area contributed by atoms with E-state index in [1.54, 1.807) is 6.08 Å². The molecule has 5 heteroatoms. The fraction of sp³-hybridized carbons (Fsp3) is 0.200. The van der Waals surface area contributed by atoms with Crippen LogP contribution in [0.5, 0.6) is 0 Å². The Balaban J connectivity index is 1.89. The molecule has 0 radical (unpaired) electrons. The molecule has 0 fully saturated rings. The molecule has 2 aromatic rings. The van der Waals surface area contributed by atoms with Crippen LogP contribution >= 0.6 is 11.6 Å². The molecule has 0 spiro atoms. The Hall–Kier alpha value is -2.59. The molecule has 130 valence electrons. The Morgan fingerprint density at radius 2 is 1.84 bits per heavy atom. The van der Waals surface area contributed by atoms with Crippen molar-refractivity contribution >= 4 is 29.5 Å². The topological polar surface area (TPSA) is 58.2 Å². The maximum atomic E-state index is 12.0. The van der Waals surface area contributed by atoms with Gasteiger partial charge in [-0.1, -0.05) is 42.5 Å². The van der Waals surface area contributed by atoms with Crippen LogP contribution < -0.4 is 10.6 Å². The van der Waals surface area contributed by atoms with E-state index in [1.165, 1.54) is 6.08 Å². The Morgan fingerprint density at radius 3 is 2.60 bits per heavy atom. The molecule has 0 saturated heterocycles. The second-order valence-electron chi connectivity index (χ2n) is 5.63. The highest BCUT2D eigenvalue weighted by Gasteiger charge is 2.01. The Labute approximate surface area is 152 Å². The first-order chi connectivity index (χ1) is 12.1. The molecule has 0 heterocycles. The molecule has 25 heavy (non-hydrogen) atoms. The van der Waals surface area contributed by atoms with Gasteiger partial charge in [0.05, 0.1) is 0 Å². The minimum Gasteiger partial charge on any atom is -0.351 e. The van der Waals surface area contributed by atoms with Crippen LogP contribution in [0.3, 0.4) is 0 Å². The average molecular weight is 357 g/mol. The molecule has 2 aromatic carbocycles. The molecule has 2 amide bonds. The van der Waals surface area contributed by atoms with E-state index in [0.717, 1.165) is 22.3 Å². The minimum atomic E-state index is -0.210. The van der Waals surface area contributed by atoms with E-state index >= 15 is 0 Å². The monoisotopic (exact) mass is 356 g/mol. The lowest BCUT2D eigenvalue weighted by atomic mass is 10.1. The number of alkyl halides is 1. The van der Waals surface area contributed by atoms with Crippen LogP contribution in [0.1, 0.15) is 22.3 Å². The predicted molar refractivity (Wildman–Crippen MR) is 101 cm³/mol. The summed E-state index contributed by atoms with van der Waals surface area (Å²) < 4.78 is 0. The summed E-state index contributed by atoms with van der Waals surface area (Å²) in [6.45, 7) is 2.93. The second kappa shape index (κ2) is 9.64. The number of carbonyl (C=O) groups excluding carboxylic acids is 2. The van der Waals surface area contributed by atoms with Crippen LogP contribution in [0.2, 0.25) is 0 Å². The molecule has 0 saturated carbocycles. The van der Waals surface area contributed by atoms with Crippen LogP contribution in [0.25, 0.3) is 6.08 Å². The second-order valence-corrected chi connectivity index (χ2v) is 5.90. The number of carbonyl (C=O) groups is 2. The summed E-state index contributed by atoms with van der Waals surface area (Å²) in [7, 11) is 0. The summed E-state index contributed by atoms with van der Waals surface area (Å²) in [5.41, 5.74) is 4.09. The van der Waals surface area contributed by atoms with Gasteiger partial charge in [0.2, 0.25) is 11.8 Å². The summed E-state index contributed by atoms with van der Waals surface area (Å²) in [5.74, 6) is -0.414. The zero-order chi connectivity index (χ0) is 18.1. The van der Waals surface area contributed by atoms with E-state index in [2.05, 4.69) is 10.6 Å². The van der Waals surface area contributed by atoms with Gasteiger partial charge in [0.1, 0.15) is 5.88 Å². The smallest absolute Gasteiger partial charge is 0.244 e. The molecule has 2 N–H and O–H groups in total. The molecule has 0 aromatic heterocycles. The van der Waals surface area contributed by atoms with Gasteiger partial charge < -0.3 is 10.6 Å². The summed E-state index contributed by atoms with van der Waals surface area (Å²) in [6.07, 6.45) is 3.26. The van der Waals surface area contributed by atoms with Crippen molar-refractivity contribution in [1.82, 2.24) is 10.6 Å². The maximum Gasteiger partial charge on any atom is 0.244 e. The fourth-order valence-electron chi connectivity index (χ4n) is 2.28. The number of aryl methyl sites for hydroxylation is 1. The molecule has 0 aliphatic heterocycles. The standard InChI is InChI=1S/C20H21ClN2O2/c1-15-5-2-3-8-18(15)14-23-19(24)10-9-16-6-4-7-17(11-16)13-22-20(25)12-21/h2-11H,12-14H2,1H3,(H,22,25)(H,23,24)/b10-9+. The van der Waals surface area contributed by atoms with E-state index in [0.29, 0.717) is 13.1 Å². The minimum absolute atomic E-state index is 0.0549. The Bertz CT molecular complexity index is 772. The third kappa shape index (κ3) is 6.43. The van der Waals surface area contributed by atoms with Gasteiger partial charge >= 0.3 is 0 Å². The summed E-state index contributed by atoms with van der Waals surface area (Å²) >= 11 is 5.45. The lowest BCUT2D eigenvalue weighted by molar-refractivity contribution is -0.119. The quantitative estimate of drug-likeness (QED) is 0.591. The first kappa shape index (κ1) is 18.7. The lowest BCUT2D eigenvalue weighted by Crippen LogP contribution is -2.23. The summed E-state index contributed by atoms with van der Waals surface area (Å²) in [4.78, 5) is 23.2. The van der Waals surface area contributed by atoms with Crippen molar-refractivity contribution in [2.75, 3.05) is 5.88 Å². The van der Waals surface area contributed by atoms with Crippen LogP contribution in [-0.2, 0) is 22.7 Å². The first-order valence-corrected chi connectivity index (χ1v) is 8.54. The van der Waals surface area contributed by atoms with Crippen LogP contribution in [0.4, 0.5) is 0 Å². The van der Waals surface area contributed by atoms with Crippen molar-refractivity contribution in [2.45, 2.75) is 20.0 Å². The van der Waals surface area contributed by atoms with Gasteiger partial charge in [0, 0.05) is 19.2 Å². The van der Waals surface area contributed by atoms with Crippen molar-refractivity contribution in [2.24, 2.45) is 0 Å². The van der Waals surface area contributed by atoms with E-state index in [9.17, 15) is 9.59 Å². The first-order valence-electron chi connectivity index (χ1n) is 8.00. The molecule has 0 atom stereocenters. The number of amides is 2. The van der Waals surface area contributed by atoms with Crippen LogP contribution in [0, 0.1) is 6.92 Å². The number of hydrogen-bond acceptors (Lipinski definition) is 2. The molecular weight excluding hydrogens is 336 g/mol. The lowest BCUT2D eigenvalue weighted by Gasteiger charge is -2.06. The zero-order valence-corrected chi connectivity index (χ0v) is 14.8. The predicted octanol–water partition coefficient (Wildman–Crippen LogP) is 3.18. The average Bonchev–Trinajstić information content (AvgIpc) is 2.64. The Kier molecular flexibility index (Phi) is 7.23. The molecule has 4 nitrogen and oxygen atoms in total. The van der Waals surface area contributed by atoms with Gasteiger partial charge in [0.15, 0.2) is 0 Å². The molecule has 0 unspecified atom stereocenters. The number of halogens is 1. The highest BCUT2D eigenvalue weighted by molar-refractivity contribution is 6.27. The van der Waals surface area contributed by atoms with Crippen molar-refractivity contribution in [3.63, 3.8) is 0 Å². The number of nitrogens with one attached hydrogen (secondary N) is 2. The molecular formula is C20H21ClN2O2. The number of benzene rings is 2. The van der Waals surface area contributed by atoms with Crippen molar-refractivity contribution < 1.29 is 9.59 Å². The van der Waals surface area contributed by atoms with Gasteiger partial charge in [-0.15, -0.1) is 11.6 Å². The molecule has 2 rings (SSSR count). The molecule has 0 bridgehead atoms. The van der Waals surface area contributed by atoms with Crippen molar-refractivity contribution in [3.8, 4) is 0 Å². The van der Waals surface area contributed by atoms with E-state index < -0.39 is 0 Å². The fourth-order valence-corrected chi connectivity index (χ4v) is 2.37. The van der Waals surface area contributed by atoms with Crippen LogP contribution in [-0.4, -0.2) is 17.7 Å². The highest BCUT2D eigenvalue weighted by atomic mass is 35.5. The van der Waals surface area contributed by atoms with Gasteiger partial charge in [-0.05, 0) is 41.3 Å². The number of rotatable bonds is 7. The number of hydrogen-bond donors (Lipinski definition) is 2. The van der Waals surface area contributed by atoms with Crippen LogP contribution in [0.15, 0.2) is 54.6 Å². The van der Waals surface area contributed by atoms with Gasteiger partial charge in [-0.25, -0.2) is 0 Å². The van der Waals surface area contributed by atoms with E-state index in [1.807, 2.05) is 55.5 Å². The summed E-state index contributed by atoms with van der Waals surface area (Å²) in [6, 6.07) is 15.6. The van der Waals surface area contributed by atoms with E-state index in [4.69, 9.17) is 11.6 Å². The Morgan fingerprint density at radius 1 is 1.04 bits per heavy atom. The third-order valence-corrected chi connectivity index (χ3v) is 3.95. The van der Waals surface area contributed by atoms with Crippen molar-refractivity contribution in [1.29, 1.82) is 0 Å². The summed E-state index contributed by atoms with van der Waals surface area (Å²) in [5, 5.41) is 5.59. The highest BCUT2D eigenvalue weighted by Crippen LogP contribution is 2.08. The maximum absolute atomic E-state index is 12.0. The van der Waals surface area contributed by atoms with E-state index in [-0.39, 0.29) is 17.7 Å². The van der Waals surface area contributed by atoms with Gasteiger partial charge in [0.25, 0.3) is 0 Å². The molecule has 0 aliphatic rings. The van der Waals surface area contributed by atoms with Crippen molar-refractivity contribution in [3.05, 3.63) is 76.9 Å². The third-order valence-electron chi connectivity index (χ3n) is 3.70. The SMILES string of the molecule is Cc1ccccc1CNC(=O)/C=C/c1cccc(CNC(=O)CCl)c1. The molecule has 0 aliphatic carbocycles. The van der Waals surface area contributed by atoms with Gasteiger partial charge in [-0.2, -0.15) is 0 Å². The largest absolute Gasteiger partial charge is 0.351 e. The zero-order valence-electron chi connectivity index (χ0n) is 14.1.